The molecule has 2 heterocycles. The second-order valence-corrected chi connectivity index (χ2v) is 11.0. The van der Waals surface area contributed by atoms with Crippen LogP contribution in [0, 0.1) is 18.3 Å². The van der Waals surface area contributed by atoms with Gasteiger partial charge in [0.25, 0.3) is 0 Å². The van der Waals surface area contributed by atoms with Crippen LogP contribution in [0.1, 0.15) is 44.2 Å². The lowest BCUT2D eigenvalue weighted by Crippen LogP contribution is -2.37. The Morgan fingerprint density at radius 1 is 1.13 bits per heavy atom. The van der Waals surface area contributed by atoms with Gasteiger partial charge in [-0.2, -0.15) is 0 Å². The Balaban J connectivity index is 1.39. The Labute approximate surface area is 229 Å². The van der Waals surface area contributed by atoms with Gasteiger partial charge in [-0.3, -0.25) is 9.69 Å². The van der Waals surface area contributed by atoms with Crippen LogP contribution in [0.25, 0.3) is 11.5 Å². The molecule has 0 spiro atoms. The number of ether oxygens (including phenoxy) is 2. The van der Waals surface area contributed by atoms with Crippen molar-refractivity contribution < 1.29 is 28.6 Å². The number of carbonyl (C=O) groups is 2. The second kappa shape index (κ2) is 12.2. The summed E-state index contributed by atoms with van der Waals surface area (Å²) in [4.78, 5) is 30.6. The van der Waals surface area contributed by atoms with E-state index in [0.717, 1.165) is 22.6 Å². The van der Waals surface area contributed by atoms with Crippen molar-refractivity contribution in [1.82, 2.24) is 9.88 Å². The van der Waals surface area contributed by atoms with E-state index < -0.39 is 18.0 Å². The van der Waals surface area contributed by atoms with Gasteiger partial charge in [0.1, 0.15) is 11.5 Å². The van der Waals surface area contributed by atoms with Crippen LogP contribution < -0.4 is 4.74 Å². The number of oxazole rings is 1. The molecule has 1 N–H and O–H groups in total. The first-order valence-corrected chi connectivity index (χ1v) is 13.2. The lowest BCUT2D eigenvalue weighted by Gasteiger charge is -2.29. The van der Waals surface area contributed by atoms with E-state index in [9.17, 15) is 14.7 Å². The summed E-state index contributed by atoms with van der Waals surface area (Å²) >= 11 is 0. The van der Waals surface area contributed by atoms with E-state index in [4.69, 9.17) is 13.9 Å². The molecule has 3 aromatic rings. The molecule has 0 saturated carbocycles. The third kappa shape index (κ3) is 7.72. The Morgan fingerprint density at radius 3 is 2.62 bits per heavy atom. The fourth-order valence-corrected chi connectivity index (χ4v) is 4.38. The maximum absolute atomic E-state index is 12.6. The molecule has 1 aliphatic rings. The smallest absolute Gasteiger partial charge is 0.413 e. The largest absolute Gasteiger partial charge is 0.493 e. The molecule has 206 valence electrons. The topological polar surface area (TPSA) is 102 Å². The van der Waals surface area contributed by atoms with Crippen molar-refractivity contribution >= 4 is 12.1 Å². The van der Waals surface area contributed by atoms with Gasteiger partial charge in [-0.05, 0) is 60.6 Å². The fourth-order valence-electron chi connectivity index (χ4n) is 4.38. The number of aliphatic carboxylic acids is 1. The van der Waals surface area contributed by atoms with Crippen LogP contribution in [0.2, 0.25) is 0 Å². The van der Waals surface area contributed by atoms with Crippen molar-refractivity contribution in [2.45, 2.75) is 47.0 Å². The first-order chi connectivity index (χ1) is 18.6. The summed E-state index contributed by atoms with van der Waals surface area (Å²) < 4.78 is 17.3. The molecular formula is C31H36N2O6. The minimum atomic E-state index is -0.894. The number of carboxylic acids is 1. The number of carbonyl (C=O) groups excluding carboxylic acids is 1. The fraction of sp³-hybridized carbons (Fsp3) is 0.387. The highest BCUT2D eigenvalue weighted by Gasteiger charge is 2.30. The molecule has 4 rings (SSSR count). The van der Waals surface area contributed by atoms with Crippen molar-refractivity contribution in [3.63, 3.8) is 0 Å². The summed E-state index contributed by atoms with van der Waals surface area (Å²) in [6.45, 7) is 8.87. The van der Waals surface area contributed by atoms with Gasteiger partial charge in [0.15, 0.2) is 0 Å². The number of aromatic nitrogens is 1. The minimum absolute atomic E-state index is 0.154. The first kappa shape index (κ1) is 28.0. The molecule has 1 atom stereocenters. The van der Waals surface area contributed by atoms with Gasteiger partial charge in [0.2, 0.25) is 5.89 Å². The van der Waals surface area contributed by atoms with Crippen LogP contribution in [0.5, 0.6) is 5.75 Å². The van der Waals surface area contributed by atoms with Crippen LogP contribution in [0.4, 0.5) is 4.79 Å². The lowest BCUT2D eigenvalue weighted by atomic mass is 9.88. The zero-order chi connectivity index (χ0) is 28.0. The number of carboxylic acid groups (broad SMARTS) is 1. The summed E-state index contributed by atoms with van der Waals surface area (Å²) in [5, 5.41) is 9.78. The summed E-state index contributed by atoms with van der Waals surface area (Å²) in [7, 11) is 0. The van der Waals surface area contributed by atoms with Gasteiger partial charge in [-0.15, -0.1) is 0 Å². The first-order valence-electron chi connectivity index (χ1n) is 13.2. The number of benzene rings is 2. The highest BCUT2D eigenvalue weighted by molar-refractivity contribution is 5.76. The highest BCUT2D eigenvalue weighted by atomic mass is 16.6. The molecule has 0 saturated heterocycles. The van der Waals surface area contributed by atoms with Gasteiger partial charge in [-0.25, -0.2) is 9.78 Å². The van der Waals surface area contributed by atoms with Crippen molar-refractivity contribution in [3.8, 4) is 17.2 Å². The molecule has 0 radical (unpaired) electrons. The summed E-state index contributed by atoms with van der Waals surface area (Å²) in [6, 6.07) is 17.4. The van der Waals surface area contributed by atoms with Gasteiger partial charge in [0.05, 0.1) is 24.8 Å². The minimum Gasteiger partial charge on any atom is -0.493 e. The van der Waals surface area contributed by atoms with Crippen molar-refractivity contribution in [3.05, 3.63) is 83.4 Å². The summed E-state index contributed by atoms with van der Waals surface area (Å²) in [5.41, 5.74) is 3.18. The van der Waals surface area contributed by atoms with Gasteiger partial charge >= 0.3 is 12.1 Å². The Kier molecular flexibility index (Phi) is 8.74. The molecular weight excluding hydrogens is 496 g/mol. The average molecular weight is 533 g/mol. The second-order valence-electron chi connectivity index (χ2n) is 11.0. The molecule has 1 unspecified atom stereocenters. The van der Waals surface area contributed by atoms with E-state index in [-0.39, 0.29) is 12.0 Å². The number of hydrogen-bond acceptors (Lipinski definition) is 6. The van der Waals surface area contributed by atoms with Gasteiger partial charge in [-0.1, -0.05) is 51.1 Å². The van der Waals surface area contributed by atoms with E-state index in [1.807, 2.05) is 82.3 Å². The lowest BCUT2D eigenvalue weighted by molar-refractivity contribution is -0.141. The molecule has 0 fully saturated rings. The average Bonchev–Trinajstić information content (AvgIpc) is 3.27. The molecule has 0 bridgehead atoms. The maximum atomic E-state index is 12.6. The predicted octanol–water partition coefficient (Wildman–Crippen LogP) is 6.29. The van der Waals surface area contributed by atoms with E-state index in [1.165, 1.54) is 4.90 Å². The number of aryl methyl sites for hydroxylation is 1. The number of hydrogen-bond donors (Lipinski definition) is 1. The molecule has 0 aliphatic carbocycles. The maximum Gasteiger partial charge on any atom is 0.413 e. The molecule has 1 aromatic heterocycles. The summed E-state index contributed by atoms with van der Waals surface area (Å²) in [5.74, 6) is 0.488. The molecule has 1 amide bonds. The number of nitrogens with zero attached hydrogens (tertiary/aromatic N) is 2. The Bertz CT molecular complexity index is 1320. The predicted molar refractivity (Wildman–Crippen MR) is 147 cm³/mol. The van der Waals surface area contributed by atoms with Crippen molar-refractivity contribution in [2.75, 3.05) is 19.8 Å². The van der Waals surface area contributed by atoms with E-state index >= 15 is 0 Å². The molecule has 1 aliphatic heterocycles. The molecule has 2 aromatic carbocycles. The number of amides is 1. The van der Waals surface area contributed by atoms with Crippen LogP contribution in [0.3, 0.4) is 0 Å². The van der Waals surface area contributed by atoms with Crippen molar-refractivity contribution in [2.24, 2.45) is 11.3 Å². The van der Waals surface area contributed by atoms with E-state index in [0.29, 0.717) is 49.6 Å². The zero-order valence-electron chi connectivity index (χ0n) is 23.0. The van der Waals surface area contributed by atoms with E-state index in [1.54, 1.807) is 6.20 Å². The third-order valence-corrected chi connectivity index (χ3v) is 6.42. The third-order valence-electron chi connectivity index (χ3n) is 6.42. The van der Waals surface area contributed by atoms with E-state index in [2.05, 4.69) is 4.98 Å². The normalized spacial score (nSPS) is 15.5. The molecule has 39 heavy (non-hydrogen) atoms. The van der Waals surface area contributed by atoms with Crippen molar-refractivity contribution in [1.29, 1.82) is 0 Å². The number of rotatable bonds is 9. The van der Waals surface area contributed by atoms with Crippen LogP contribution in [-0.4, -0.2) is 46.8 Å². The standard InChI is InChI=1S/C31H36N2O6/c1-21-27(32-28(39-21)23-10-6-5-7-11-23)14-16-37-25-12-8-9-22(18-25)17-24-19-33(15-13-26(24)29(34)35)30(36)38-20-31(2,3)4/h5-12,18-19,26H,13-17,20H2,1-4H3,(H,34,35). The Morgan fingerprint density at radius 2 is 1.90 bits per heavy atom. The SMILES string of the molecule is Cc1oc(-c2ccccc2)nc1CCOc1cccc(CC2=CN(C(=O)OCC(C)(C)C)CCC2C(=O)O)c1. The Hall–Kier alpha value is -4.07. The van der Waals surface area contributed by atoms with Crippen LogP contribution >= 0.6 is 0 Å². The monoisotopic (exact) mass is 532 g/mol. The molecule has 8 nitrogen and oxygen atoms in total. The highest BCUT2D eigenvalue weighted by Crippen LogP contribution is 2.28. The van der Waals surface area contributed by atoms with Gasteiger partial charge < -0.3 is 19.0 Å². The van der Waals surface area contributed by atoms with Crippen LogP contribution in [-0.2, 0) is 22.4 Å². The summed E-state index contributed by atoms with van der Waals surface area (Å²) in [6.07, 6.45) is 2.49. The zero-order valence-corrected chi connectivity index (χ0v) is 23.0. The van der Waals surface area contributed by atoms with Crippen LogP contribution in [0.15, 0.2) is 70.8 Å². The van der Waals surface area contributed by atoms with Gasteiger partial charge in [0, 0.05) is 24.7 Å². The molecule has 8 heteroatoms. The quantitative estimate of drug-likeness (QED) is 0.346.